The molecule has 1 aliphatic carbocycles. The molecule has 47 heavy (non-hydrogen) atoms. The molecule has 7 nitrogen and oxygen atoms in total. The van der Waals surface area contributed by atoms with E-state index >= 15 is 0 Å². The number of piperidine rings is 1. The number of carbonyl (C=O) groups is 2. The topological polar surface area (TPSA) is 90.3 Å². The lowest BCUT2D eigenvalue weighted by atomic mass is 9.69. The molecule has 4 atom stereocenters. The number of nitrogens with zero attached hydrogens (tertiary/aromatic N) is 2. The Morgan fingerprint density at radius 2 is 1.66 bits per heavy atom. The third kappa shape index (κ3) is 6.17. The molecule has 3 fully saturated rings. The largest absolute Gasteiger partial charge is 0.507 e. The number of aliphatic hydroxyl groups excluding tert-OH is 1. The van der Waals surface area contributed by atoms with Crippen molar-refractivity contribution >= 4 is 28.7 Å². The van der Waals surface area contributed by atoms with E-state index in [2.05, 4.69) is 42.2 Å². The van der Waals surface area contributed by atoms with Crippen molar-refractivity contribution in [2.75, 3.05) is 26.3 Å². The highest BCUT2D eigenvalue weighted by Crippen LogP contribution is 2.50. The highest BCUT2D eigenvalue weighted by molar-refractivity contribution is 6.06. The molecule has 0 spiro atoms. The lowest BCUT2D eigenvalue weighted by Gasteiger charge is -2.36. The molecular weight excluding hydrogens is 588 g/mol. The summed E-state index contributed by atoms with van der Waals surface area (Å²) in [6.45, 7) is 5.10. The van der Waals surface area contributed by atoms with Crippen LogP contribution in [-0.4, -0.2) is 70.3 Å². The predicted molar refractivity (Wildman–Crippen MR) is 183 cm³/mol. The maximum absolute atomic E-state index is 14.1. The van der Waals surface area contributed by atoms with E-state index in [0.717, 1.165) is 85.6 Å². The van der Waals surface area contributed by atoms with Gasteiger partial charge in [0.15, 0.2) is 0 Å². The maximum atomic E-state index is 14.1. The summed E-state index contributed by atoms with van der Waals surface area (Å²) in [5.74, 6) is -0.748. The number of phenolic OH excluding ortho intramolecular Hbond substituents is 1. The number of ether oxygens (including phenoxy) is 1. The number of phenols is 1. The molecule has 7 heteroatoms. The smallest absolute Gasteiger partial charge is 0.234 e. The summed E-state index contributed by atoms with van der Waals surface area (Å²) in [7, 11) is 0. The number of hydrogen-bond donors (Lipinski definition) is 2. The van der Waals surface area contributed by atoms with Crippen molar-refractivity contribution in [3.63, 3.8) is 0 Å². The monoisotopic (exact) mass is 634 g/mol. The van der Waals surface area contributed by atoms with Gasteiger partial charge in [0.05, 0.1) is 31.2 Å². The average molecular weight is 635 g/mol. The molecule has 0 saturated carbocycles. The Hall–Kier alpha value is -3.78. The molecule has 0 radical (unpaired) electrons. The van der Waals surface area contributed by atoms with Crippen LogP contribution in [0.15, 0.2) is 83.4 Å². The summed E-state index contributed by atoms with van der Waals surface area (Å²) in [6.07, 6.45) is 7.68. The number of hydrogen-bond acceptors (Lipinski definition) is 6. The minimum Gasteiger partial charge on any atom is -0.507 e. The molecule has 7 rings (SSSR count). The highest BCUT2D eigenvalue weighted by Gasteiger charge is 2.58. The predicted octanol–water partition coefficient (Wildman–Crippen LogP) is 6.48. The van der Waals surface area contributed by atoms with Gasteiger partial charge in [-0.05, 0) is 72.3 Å². The van der Waals surface area contributed by atoms with Crippen LogP contribution in [0.2, 0.25) is 0 Å². The first-order valence-electron chi connectivity index (χ1n) is 17.4. The molecule has 4 aliphatic rings. The third-order valence-corrected chi connectivity index (χ3v) is 11.0. The number of carbonyl (C=O) groups excluding carboxylic acids is 2. The van der Waals surface area contributed by atoms with Crippen LogP contribution in [0.3, 0.4) is 0 Å². The van der Waals surface area contributed by atoms with Crippen molar-refractivity contribution in [2.24, 2.45) is 17.8 Å². The van der Waals surface area contributed by atoms with Gasteiger partial charge >= 0.3 is 0 Å². The summed E-state index contributed by atoms with van der Waals surface area (Å²) >= 11 is 0. The normalized spacial score (nSPS) is 25.6. The van der Waals surface area contributed by atoms with Crippen molar-refractivity contribution < 1.29 is 24.5 Å². The fourth-order valence-corrected chi connectivity index (χ4v) is 8.74. The number of aliphatic hydroxyl groups is 1. The molecule has 0 bridgehead atoms. The van der Waals surface area contributed by atoms with Crippen LogP contribution in [0.4, 0.5) is 0 Å². The summed E-state index contributed by atoms with van der Waals surface area (Å²) in [5, 5.41) is 22.8. The van der Waals surface area contributed by atoms with Crippen LogP contribution >= 0.6 is 0 Å². The fraction of sp³-hybridized carbons (Fsp3) is 0.450. The number of rotatable bonds is 10. The number of allylic oxidation sites excluding steroid dienone is 1. The van der Waals surface area contributed by atoms with Gasteiger partial charge in [0.25, 0.3) is 0 Å². The highest BCUT2D eigenvalue weighted by atomic mass is 16.5. The number of amides is 2. The van der Waals surface area contributed by atoms with Crippen molar-refractivity contribution in [2.45, 2.75) is 70.6 Å². The van der Waals surface area contributed by atoms with Gasteiger partial charge in [0.1, 0.15) is 5.75 Å². The molecular formula is C40H46N2O5. The van der Waals surface area contributed by atoms with Gasteiger partial charge in [-0.3, -0.25) is 19.4 Å². The van der Waals surface area contributed by atoms with E-state index in [1.165, 1.54) is 11.1 Å². The van der Waals surface area contributed by atoms with E-state index in [4.69, 9.17) is 4.74 Å². The standard InChI is InChI=1S/C40H46N2O5/c1-2-8-26(21-28-14-15-35(44)32-12-7-6-11-31(28)32)13-16-36-37-29(24-43)22-33-38(34(37)25-47-36)40(46)42(39(33)45)30-17-19-41(20-18-30)23-27-9-4-3-5-10-27/h3-7,9-12,14-15,21,30,33-34,36,38,43-44H,2,8,13,16-20,22-25H2,1H3/b26-21+/t33-,34+,36-,38-/m1/s1. The summed E-state index contributed by atoms with van der Waals surface area (Å²) < 4.78 is 6.42. The number of aromatic hydroxyl groups is 1. The van der Waals surface area contributed by atoms with Crippen molar-refractivity contribution in [3.05, 3.63) is 94.6 Å². The molecule has 3 aromatic rings. The second kappa shape index (κ2) is 13.8. The Morgan fingerprint density at radius 1 is 0.915 bits per heavy atom. The molecule has 0 unspecified atom stereocenters. The second-order valence-electron chi connectivity index (χ2n) is 13.8. The number of fused-ring (bicyclic) bond motifs is 4. The third-order valence-electron chi connectivity index (χ3n) is 11.0. The number of benzene rings is 3. The quantitative estimate of drug-likeness (QED) is 0.196. The second-order valence-corrected chi connectivity index (χ2v) is 13.8. The van der Waals surface area contributed by atoms with Gasteiger partial charge in [-0.15, -0.1) is 0 Å². The van der Waals surface area contributed by atoms with Crippen LogP contribution in [0.25, 0.3) is 16.8 Å². The first kappa shape index (κ1) is 31.8. The Bertz CT molecular complexity index is 1690. The van der Waals surface area contributed by atoms with Crippen LogP contribution in [0, 0.1) is 17.8 Å². The average Bonchev–Trinajstić information content (AvgIpc) is 3.63. The molecule has 0 aromatic heterocycles. The van der Waals surface area contributed by atoms with Gasteiger partial charge in [0, 0.05) is 37.0 Å². The Labute approximate surface area is 277 Å². The summed E-state index contributed by atoms with van der Waals surface area (Å²) in [4.78, 5) is 32.0. The zero-order valence-electron chi connectivity index (χ0n) is 27.3. The SMILES string of the molecule is CCC/C(=C\c1ccc(O)c2ccccc12)CC[C@H]1OC[C@H]2C1=C(CO)C[C@H]1C(=O)N(C3CCN(Cc4ccccc4)CC3)C(=O)[C@H]12. The molecule has 3 aromatic carbocycles. The molecule has 3 saturated heterocycles. The first-order valence-corrected chi connectivity index (χ1v) is 17.4. The van der Waals surface area contributed by atoms with E-state index in [9.17, 15) is 19.8 Å². The van der Waals surface area contributed by atoms with E-state index in [-0.39, 0.29) is 42.2 Å². The Morgan fingerprint density at radius 3 is 2.40 bits per heavy atom. The Kier molecular flexibility index (Phi) is 9.31. The maximum Gasteiger partial charge on any atom is 0.234 e. The van der Waals surface area contributed by atoms with E-state index < -0.39 is 11.8 Å². The van der Waals surface area contributed by atoms with Crippen LogP contribution in [-0.2, 0) is 20.9 Å². The van der Waals surface area contributed by atoms with Crippen LogP contribution in [0.1, 0.15) is 63.0 Å². The van der Waals surface area contributed by atoms with Crippen LogP contribution < -0.4 is 0 Å². The van der Waals surface area contributed by atoms with Gasteiger partial charge in [-0.1, -0.05) is 85.7 Å². The molecule has 2 N–H and O–H groups in total. The molecule has 3 heterocycles. The minimum absolute atomic E-state index is 0.0315. The van der Waals surface area contributed by atoms with Gasteiger partial charge in [0.2, 0.25) is 11.8 Å². The van der Waals surface area contributed by atoms with E-state index in [0.29, 0.717) is 13.0 Å². The fourth-order valence-electron chi connectivity index (χ4n) is 8.74. The first-order chi connectivity index (χ1) is 23.0. The van der Waals surface area contributed by atoms with Gasteiger partial charge in [-0.25, -0.2) is 0 Å². The Balaban J connectivity index is 1.04. The zero-order valence-corrected chi connectivity index (χ0v) is 27.3. The lowest BCUT2D eigenvalue weighted by molar-refractivity contribution is -0.144. The number of likely N-dealkylation sites (tertiary alicyclic amines) is 2. The summed E-state index contributed by atoms with van der Waals surface area (Å²) in [5.41, 5.74) is 5.64. The zero-order chi connectivity index (χ0) is 32.5. The number of imide groups is 1. The summed E-state index contributed by atoms with van der Waals surface area (Å²) in [6, 6.07) is 22.0. The molecule has 3 aliphatic heterocycles. The van der Waals surface area contributed by atoms with Crippen molar-refractivity contribution in [3.8, 4) is 5.75 Å². The van der Waals surface area contributed by atoms with E-state index in [1.807, 2.05) is 36.4 Å². The van der Waals surface area contributed by atoms with E-state index in [1.54, 1.807) is 11.0 Å². The lowest BCUT2D eigenvalue weighted by Crippen LogP contribution is -2.47. The molecule has 246 valence electrons. The van der Waals surface area contributed by atoms with Gasteiger partial charge < -0.3 is 14.9 Å². The van der Waals surface area contributed by atoms with Crippen molar-refractivity contribution in [1.82, 2.24) is 9.80 Å². The van der Waals surface area contributed by atoms with Gasteiger partial charge in [-0.2, -0.15) is 0 Å². The van der Waals surface area contributed by atoms with Crippen LogP contribution in [0.5, 0.6) is 5.75 Å². The molecule has 2 amide bonds. The minimum atomic E-state index is -0.401. The van der Waals surface area contributed by atoms with Crippen molar-refractivity contribution in [1.29, 1.82) is 0 Å².